The van der Waals surface area contributed by atoms with E-state index in [0.29, 0.717) is 43.5 Å². The first kappa shape index (κ1) is 21.3. The van der Waals surface area contributed by atoms with Crippen molar-refractivity contribution in [2.45, 2.75) is 20.4 Å². The van der Waals surface area contributed by atoms with Crippen LogP contribution in [0.2, 0.25) is 4.34 Å². The number of amides is 1. The van der Waals surface area contributed by atoms with Crippen LogP contribution in [0, 0.1) is 0 Å². The number of carbonyl (C=O) groups is 1. The Morgan fingerprint density at radius 3 is 2.67 bits per heavy atom. The maximum absolute atomic E-state index is 12.6. The predicted molar refractivity (Wildman–Crippen MR) is 112 cm³/mol. The average Bonchev–Trinajstić information content (AvgIpc) is 3.02. The second kappa shape index (κ2) is 11.0. The van der Waals surface area contributed by atoms with E-state index in [1.807, 2.05) is 36.9 Å². The summed E-state index contributed by atoms with van der Waals surface area (Å²) in [7, 11) is 0. The van der Waals surface area contributed by atoms with Crippen LogP contribution in [0.5, 0.6) is 11.5 Å². The summed E-state index contributed by atoms with van der Waals surface area (Å²) in [5.41, 5.74) is 0.602. The molecule has 0 unspecified atom stereocenters. The van der Waals surface area contributed by atoms with Crippen LogP contribution in [-0.4, -0.2) is 37.1 Å². The molecule has 27 heavy (non-hydrogen) atoms. The van der Waals surface area contributed by atoms with Crippen molar-refractivity contribution < 1.29 is 14.3 Å². The lowest BCUT2D eigenvalue weighted by atomic mass is 10.2. The van der Waals surface area contributed by atoms with E-state index in [2.05, 4.69) is 11.9 Å². The van der Waals surface area contributed by atoms with Crippen molar-refractivity contribution in [2.24, 2.45) is 0 Å². The van der Waals surface area contributed by atoms with Crippen LogP contribution < -0.4 is 14.8 Å². The highest BCUT2D eigenvalue weighted by atomic mass is 35.5. The zero-order chi connectivity index (χ0) is 19.6. The van der Waals surface area contributed by atoms with E-state index in [0.717, 1.165) is 9.21 Å². The number of carbonyl (C=O) groups excluding carboxylic acids is 1. The number of hydrogen-bond donors (Lipinski definition) is 1. The molecule has 0 aliphatic rings. The third-order valence-corrected chi connectivity index (χ3v) is 4.81. The summed E-state index contributed by atoms with van der Waals surface area (Å²) in [6.45, 7) is 10.1. The van der Waals surface area contributed by atoms with Crippen molar-refractivity contribution in [3.63, 3.8) is 0 Å². The molecule has 5 nitrogen and oxygen atoms in total. The van der Waals surface area contributed by atoms with E-state index < -0.39 is 0 Å². The Morgan fingerprint density at radius 1 is 1.26 bits per heavy atom. The van der Waals surface area contributed by atoms with Gasteiger partial charge in [-0.1, -0.05) is 17.7 Å². The third kappa shape index (κ3) is 6.90. The molecular formula is C20H25ClN2O3S. The van der Waals surface area contributed by atoms with Gasteiger partial charge in [0.15, 0.2) is 0 Å². The monoisotopic (exact) mass is 408 g/mol. The molecule has 1 aromatic heterocycles. The summed E-state index contributed by atoms with van der Waals surface area (Å²) in [5, 5.41) is 2.93. The summed E-state index contributed by atoms with van der Waals surface area (Å²) >= 11 is 7.51. The van der Waals surface area contributed by atoms with Gasteiger partial charge in [-0.25, -0.2) is 0 Å². The molecule has 0 spiro atoms. The van der Waals surface area contributed by atoms with Gasteiger partial charge in [0.25, 0.3) is 0 Å². The molecule has 0 aliphatic heterocycles. The molecule has 1 heterocycles. The lowest BCUT2D eigenvalue weighted by Crippen LogP contribution is -2.33. The normalized spacial score (nSPS) is 10.7. The first-order valence-corrected chi connectivity index (χ1v) is 10.0. The summed E-state index contributed by atoms with van der Waals surface area (Å²) in [4.78, 5) is 15.7. The first-order valence-electron chi connectivity index (χ1n) is 8.82. The molecule has 1 aromatic carbocycles. The zero-order valence-electron chi connectivity index (χ0n) is 15.7. The van der Waals surface area contributed by atoms with E-state index in [4.69, 9.17) is 21.1 Å². The van der Waals surface area contributed by atoms with Crippen molar-refractivity contribution in [2.75, 3.05) is 31.6 Å². The highest BCUT2D eigenvalue weighted by Gasteiger charge is 2.14. The van der Waals surface area contributed by atoms with Crippen LogP contribution in [0.3, 0.4) is 0 Å². The standard InChI is InChI=1S/C20H25ClN2O3S/c1-4-11-23(13-16-8-10-19(21)27-16)14-20(24)22-17-12-15(25-5-2)7-9-18(17)26-6-3/h4,7-10,12H,1,5-6,11,13-14H2,2-3H3,(H,22,24). The minimum Gasteiger partial charge on any atom is -0.494 e. The molecule has 2 rings (SSSR count). The summed E-state index contributed by atoms with van der Waals surface area (Å²) in [6.07, 6.45) is 1.78. The van der Waals surface area contributed by atoms with Gasteiger partial charge in [-0.3, -0.25) is 9.69 Å². The fourth-order valence-electron chi connectivity index (χ4n) is 2.56. The van der Waals surface area contributed by atoms with Gasteiger partial charge >= 0.3 is 0 Å². The molecule has 0 fully saturated rings. The van der Waals surface area contributed by atoms with Crippen LogP contribution in [-0.2, 0) is 11.3 Å². The topological polar surface area (TPSA) is 50.8 Å². The summed E-state index contributed by atoms with van der Waals surface area (Å²) < 4.78 is 11.9. The van der Waals surface area contributed by atoms with Gasteiger partial charge in [-0.2, -0.15) is 0 Å². The molecule has 0 aliphatic carbocycles. The Hall–Kier alpha value is -2.02. The van der Waals surface area contributed by atoms with E-state index in [1.54, 1.807) is 18.2 Å². The maximum atomic E-state index is 12.6. The number of anilines is 1. The summed E-state index contributed by atoms with van der Waals surface area (Å²) in [5.74, 6) is 1.18. The van der Waals surface area contributed by atoms with Crippen LogP contribution in [0.4, 0.5) is 5.69 Å². The highest BCUT2D eigenvalue weighted by molar-refractivity contribution is 7.16. The molecule has 0 saturated carbocycles. The number of halogens is 1. The van der Waals surface area contributed by atoms with Gasteiger partial charge in [0.1, 0.15) is 11.5 Å². The largest absolute Gasteiger partial charge is 0.494 e. The Balaban J connectivity index is 2.07. The van der Waals surface area contributed by atoms with Crippen LogP contribution >= 0.6 is 22.9 Å². The van der Waals surface area contributed by atoms with Crippen LogP contribution in [0.25, 0.3) is 0 Å². The van der Waals surface area contributed by atoms with E-state index in [1.165, 1.54) is 11.3 Å². The minimum absolute atomic E-state index is 0.130. The Bertz CT molecular complexity index is 763. The van der Waals surface area contributed by atoms with Gasteiger partial charge in [0.2, 0.25) is 5.91 Å². The van der Waals surface area contributed by atoms with Crippen molar-refractivity contribution in [3.05, 3.63) is 52.2 Å². The molecule has 1 N–H and O–H groups in total. The van der Waals surface area contributed by atoms with E-state index in [9.17, 15) is 4.79 Å². The molecule has 7 heteroatoms. The van der Waals surface area contributed by atoms with Gasteiger partial charge in [-0.15, -0.1) is 17.9 Å². The number of ether oxygens (including phenoxy) is 2. The molecule has 2 aromatic rings. The molecule has 0 saturated heterocycles. The zero-order valence-corrected chi connectivity index (χ0v) is 17.2. The number of nitrogens with one attached hydrogen (secondary N) is 1. The van der Waals surface area contributed by atoms with Crippen molar-refractivity contribution >= 4 is 34.5 Å². The number of rotatable bonds is 11. The molecular weight excluding hydrogens is 384 g/mol. The second-order valence-electron chi connectivity index (χ2n) is 5.74. The van der Waals surface area contributed by atoms with E-state index >= 15 is 0 Å². The average molecular weight is 409 g/mol. The quantitative estimate of drug-likeness (QED) is 0.541. The number of hydrogen-bond acceptors (Lipinski definition) is 5. The van der Waals surface area contributed by atoms with Gasteiger partial charge < -0.3 is 14.8 Å². The van der Waals surface area contributed by atoms with Crippen LogP contribution in [0.15, 0.2) is 43.0 Å². The summed E-state index contributed by atoms with van der Waals surface area (Å²) in [6, 6.07) is 9.25. The Morgan fingerprint density at radius 2 is 2.04 bits per heavy atom. The fraction of sp³-hybridized carbons (Fsp3) is 0.350. The molecule has 0 radical (unpaired) electrons. The lowest BCUT2D eigenvalue weighted by Gasteiger charge is -2.20. The van der Waals surface area contributed by atoms with Gasteiger partial charge in [-0.05, 0) is 38.1 Å². The molecule has 1 amide bonds. The second-order valence-corrected chi connectivity index (χ2v) is 7.54. The number of thiophene rings is 1. The van der Waals surface area contributed by atoms with Crippen LogP contribution in [0.1, 0.15) is 18.7 Å². The molecule has 0 bridgehead atoms. The van der Waals surface area contributed by atoms with Gasteiger partial charge in [0.05, 0.1) is 29.8 Å². The van der Waals surface area contributed by atoms with E-state index in [-0.39, 0.29) is 12.5 Å². The van der Waals surface area contributed by atoms with Crippen molar-refractivity contribution in [3.8, 4) is 11.5 Å². The van der Waals surface area contributed by atoms with Gasteiger partial charge in [0, 0.05) is 24.0 Å². The predicted octanol–water partition coefficient (Wildman–Crippen LogP) is 4.83. The third-order valence-electron chi connectivity index (χ3n) is 3.60. The molecule has 146 valence electrons. The first-order chi connectivity index (χ1) is 13.0. The number of benzene rings is 1. The number of nitrogens with zero attached hydrogens (tertiary/aromatic N) is 1. The highest BCUT2D eigenvalue weighted by Crippen LogP contribution is 2.29. The Kier molecular flexibility index (Phi) is 8.64. The molecule has 0 atom stereocenters. The van der Waals surface area contributed by atoms with Crippen molar-refractivity contribution in [1.82, 2.24) is 4.90 Å². The smallest absolute Gasteiger partial charge is 0.238 e. The Labute approximate surface area is 169 Å². The maximum Gasteiger partial charge on any atom is 0.238 e. The van der Waals surface area contributed by atoms with Crippen molar-refractivity contribution in [1.29, 1.82) is 0 Å². The SMILES string of the molecule is C=CCN(CC(=O)Nc1cc(OCC)ccc1OCC)Cc1ccc(Cl)s1. The lowest BCUT2D eigenvalue weighted by molar-refractivity contribution is -0.117. The minimum atomic E-state index is -0.130. The fourth-order valence-corrected chi connectivity index (χ4v) is 3.69.